The van der Waals surface area contributed by atoms with Gasteiger partial charge in [-0.15, -0.1) is 0 Å². The van der Waals surface area contributed by atoms with Crippen LogP contribution in [-0.2, 0) is 7.05 Å². The number of aromatic nitrogens is 1. The molecule has 0 spiro atoms. The molecule has 78 valence electrons. The molecule has 1 heterocycles. The molecule has 1 N–H and O–H groups in total. The molecule has 2 rings (SSSR count). The zero-order valence-electron chi connectivity index (χ0n) is 7.79. The highest BCUT2D eigenvalue weighted by Crippen LogP contribution is 2.27. The molecule has 0 radical (unpaired) electrons. The summed E-state index contributed by atoms with van der Waals surface area (Å²) in [6, 6.07) is 2.94. The summed E-state index contributed by atoms with van der Waals surface area (Å²) in [5.41, 5.74) is 0.539. The lowest BCUT2D eigenvalue weighted by molar-refractivity contribution is 0.0698. The molecule has 1 aromatic carbocycles. The zero-order chi connectivity index (χ0) is 11.2. The van der Waals surface area contributed by atoms with Crippen molar-refractivity contribution in [1.29, 1.82) is 0 Å². The average Bonchev–Trinajstić information content (AvgIpc) is 2.44. The number of carboxylic acids is 1. The van der Waals surface area contributed by atoms with Gasteiger partial charge in [-0.3, -0.25) is 0 Å². The van der Waals surface area contributed by atoms with Gasteiger partial charge in [0.1, 0.15) is 5.82 Å². The van der Waals surface area contributed by atoms with Gasteiger partial charge in [0, 0.05) is 17.7 Å². The summed E-state index contributed by atoms with van der Waals surface area (Å²) in [6.07, 6.45) is 1.41. The first-order valence-electron chi connectivity index (χ1n) is 4.18. The van der Waals surface area contributed by atoms with Crippen molar-refractivity contribution in [1.82, 2.24) is 4.57 Å². The van der Waals surface area contributed by atoms with Gasteiger partial charge in [0.15, 0.2) is 0 Å². The third-order valence-corrected chi connectivity index (χ3v) is 2.69. The summed E-state index contributed by atoms with van der Waals surface area (Å²) in [5, 5.41) is 9.04. The van der Waals surface area contributed by atoms with Crippen molar-refractivity contribution < 1.29 is 14.3 Å². The summed E-state index contributed by atoms with van der Waals surface area (Å²) < 4.78 is 15.8. The summed E-state index contributed by atoms with van der Waals surface area (Å²) in [4.78, 5) is 10.9. The van der Waals surface area contributed by atoms with Crippen LogP contribution >= 0.6 is 15.9 Å². The van der Waals surface area contributed by atoms with Gasteiger partial charge in [0.05, 0.1) is 16.5 Å². The van der Waals surface area contributed by atoms with Gasteiger partial charge in [-0.1, -0.05) is 15.9 Å². The minimum atomic E-state index is -1.12. The number of hydrogen-bond donors (Lipinski definition) is 1. The van der Waals surface area contributed by atoms with E-state index in [-0.39, 0.29) is 10.9 Å². The Hall–Kier alpha value is -1.36. The Balaban J connectivity index is 2.93. The number of nitrogens with zero attached hydrogens (tertiary/aromatic N) is 1. The SMILES string of the molecule is Cn1cc(C(=O)O)c2c(F)cc(Br)cc21. The third kappa shape index (κ3) is 1.52. The summed E-state index contributed by atoms with van der Waals surface area (Å²) in [5.74, 6) is -1.65. The van der Waals surface area contributed by atoms with E-state index in [1.165, 1.54) is 12.3 Å². The van der Waals surface area contributed by atoms with Crippen molar-refractivity contribution in [2.45, 2.75) is 0 Å². The molecule has 0 bridgehead atoms. The molecule has 0 unspecified atom stereocenters. The van der Waals surface area contributed by atoms with Crippen LogP contribution in [0.3, 0.4) is 0 Å². The van der Waals surface area contributed by atoms with E-state index in [0.29, 0.717) is 9.99 Å². The fourth-order valence-electron chi connectivity index (χ4n) is 1.59. The molecule has 0 aliphatic rings. The maximum absolute atomic E-state index is 13.6. The molecule has 0 aliphatic carbocycles. The highest BCUT2D eigenvalue weighted by molar-refractivity contribution is 9.10. The Morgan fingerprint density at radius 1 is 1.53 bits per heavy atom. The lowest BCUT2D eigenvalue weighted by Crippen LogP contribution is -1.95. The highest BCUT2D eigenvalue weighted by Gasteiger charge is 2.16. The maximum atomic E-state index is 13.6. The minimum absolute atomic E-state index is 0.0162. The van der Waals surface area contributed by atoms with Crippen LogP contribution in [0.25, 0.3) is 10.9 Å². The van der Waals surface area contributed by atoms with E-state index in [0.717, 1.165) is 0 Å². The quantitative estimate of drug-likeness (QED) is 0.867. The molecule has 1 aromatic heterocycles. The first-order valence-corrected chi connectivity index (χ1v) is 4.97. The number of carboxylic acid groups (broad SMARTS) is 1. The average molecular weight is 272 g/mol. The number of carbonyl (C=O) groups is 1. The predicted molar refractivity (Wildman–Crippen MR) is 57.5 cm³/mol. The molecular weight excluding hydrogens is 265 g/mol. The van der Waals surface area contributed by atoms with Crippen LogP contribution in [0.5, 0.6) is 0 Å². The zero-order valence-corrected chi connectivity index (χ0v) is 9.38. The monoisotopic (exact) mass is 271 g/mol. The van der Waals surface area contributed by atoms with E-state index >= 15 is 0 Å². The molecular formula is C10H7BrFNO2. The molecule has 3 nitrogen and oxygen atoms in total. The lowest BCUT2D eigenvalue weighted by Gasteiger charge is -1.98. The van der Waals surface area contributed by atoms with E-state index in [2.05, 4.69) is 15.9 Å². The van der Waals surface area contributed by atoms with Crippen molar-refractivity contribution in [3.63, 3.8) is 0 Å². The molecule has 0 amide bonds. The molecule has 2 aromatic rings. The molecule has 0 atom stereocenters. The molecule has 15 heavy (non-hydrogen) atoms. The van der Waals surface area contributed by atoms with Crippen molar-refractivity contribution in [2.24, 2.45) is 7.05 Å². The molecule has 0 aliphatic heterocycles. The second kappa shape index (κ2) is 3.34. The number of rotatable bonds is 1. The largest absolute Gasteiger partial charge is 0.478 e. The van der Waals surface area contributed by atoms with Crippen molar-refractivity contribution in [3.8, 4) is 0 Å². The topological polar surface area (TPSA) is 42.2 Å². The normalized spacial score (nSPS) is 10.9. The van der Waals surface area contributed by atoms with Crippen LogP contribution < -0.4 is 0 Å². The molecule has 5 heteroatoms. The van der Waals surface area contributed by atoms with Gasteiger partial charge >= 0.3 is 5.97 Å². The fraction of sp³-hybridized carbons (Fsp3) is 0.100. The summed E-state index contributed by atoms with van der Waals surface area (Å²) >= 11 is 3.16. The molecule has 0 saturated carbocycles. The Bertz CT molecular complexity index is 562. The Morgan fingerprint density at radius 2 is 2.20 bits per heavy atom. The minimum Gasteiger partial charge on any atom is -0.478 e. The van der Waals surface area contributed by atoms with Gasteiger partial charge in [0.25, 0.3) is 0 Å². The van der Waals surface area contributed by atoms with Crippen LogP contribution in [0.4, 0.5) is 4.39 Å². The summed E-state index contributed by atoms with van der Waals surface area (Å²) in [7, 11) is 1.68. The smallest absolute Gasteiger partial charge is 0.337 e. The van der Waals surface area contributed by atoms with Crippen LogP contribution in [0.2, 0.25) is 0 Å². The third-order valence-electron chi connectivity index (χ3n) is 2.24. The number of halogens is 2. The lowest BCUT2D eigenvalue weighted by atomic mass is 10.1. The van der Waals surface area contributed by atoms with Crippen molar-refractivity contribution in [2.75, 3.05) is 0 Å². The van der Waals surface area contributed by atoms with Crippen LogP contribution in [0.1, 0.15) is 10.4 Å². The predicted octanol–water partition coefficient (Wildman–Crippen LogP) is 2.78. The Kier molecular flexibility index (Phi) is 2.26. The molecule has 0 fully saturated rings. The van der Waals surface area contributed by atoms with Gasteiger partial charge in [-0.2, -0.15) is 0 Å². The van der Waals surface area contributed by atoms with Gasteiger partial charge in [0.2, 0.25) is 0 Å². The van der Waals surface area contributed by atoms with Crippen molar-refractivity contribution in [3.05, 3.63) is 34.2 Å². The second-order valence-corrected chi connectivity index (χ2v) is 4.16. The standard InChI is InChI=1S/C10H7BrFNO2/c1-13-4-6(10(14)15)9-7(12)2-5(11)3-8(9)13/h2-4H,1H3,(H,14,15). The van der Waals surface area contributed by atoms with Crippen LogP contribution in [0, 0.1) is 5.82 Å². The summed E-state index contributed by atoms with van der Waals surface area (Å²) in [6.45, 7) is 0. The Labute approximate surface area is 93.3 Å². The fourth-order valence-corrected chi connectivity index (χ4v) is 2.01. The van der Waals surface area contributed by atoms with E-state index < -0.39 is 11.8 Å². The Morgan fingerprint density at radius 3 is 2.80 bits per heavy atom. The van der Waals surface area contributed by atoms with Crippen LogP contribution in [-0.4, -0.2) is 15.6 Å². The molecule has 0 saturated heterocycles. The highest BCUT2D eigenvalue weighted by atomic mass is 79.9. The second-order valence-electron chi connectivity index (χ2n) is 3.24. The first kappa shape index (κ1) is 10.2. The number of benzene rings is 1. The van der Waals surface area contributed by atoms with Gasteiger partial charge in [-0.05, 0) is 12.1 Å². The van der Waals surface area contributed by atoms with E-state index in [1.54, 1.807) is 17.7 Å². The first-order chi connectivity index (χ1) is 7.00. The number of fused-ring (bicyclic) bond motifs is 1. The van der Waals surface area contributed by atoms with Crippen molar-refractivity contribution >= 4 is 32.8 Å². The van der Waals surface area contributed by atoms with Gasteiger partial charge < -0.3 is 9.67 Å². The van der Waals surface area contributed by atoms with Crippen LogP contribution in [0.15, 0.2) is 22.8 Å². The van der Waals surface area contributed by atoms with E-state index in [4.69, 9.17) is 5.11 Å². The number of aromatic carboxylic acids is 1. The maximum Gasteiger partial charge on any atom is 0.337 e. The van der Waals surface area contributed by atoms with E-state index in [1.807, 2.05) is 0 Å². The van der Waals surface area contributed by atoms with E-state index in [9.17, 15) is 9.18 Å². The number of aryl methyl sites for hydroxylation is 1. The number of hydrogen-bond acceptors (Lipinski definition) is 1. The van der Waals surface area contributed by atoms with Gasteiger partial charge in [-0.25, -0.2) is 9.18 Å².